The Balaban J connectivity index is 1.51. The van der Waals surface area contributed by atoms with Crippen LogP contribution in [-0.4, -0.2) is 68.2 Å². The molecule has 0 unspecified atom stereocenters. The topological polar surface area (TPSA) is 91.8 Å². The molecule has 2 aromatic heterocycles. The third-order valence-electron chi connectivity index (χ3n) is 6.57. The highest BCUT2D eigenvalue weighted by molar-refractivity contribution is 5.96. The van der Waals surface area contributed by atoms with E-state index in [9.17, 15) is 10.1 Å². The van der Waals surface area contributed by atoms with Gasteiger partial charge in [-0.1, -0.05) is 12.1 Å². The molecule has 1 fully saturated rings. The average molecular weight is 497 g/mol. The number of morpholine rings is 1. The van der Waals surface area contributed by atoms with E-state index in [0.29, 0.717) is 33.7 Å². The van der Waals surface area contributed by atoms with E-state index in [2.05, 4.69) is 16.0 Å². The lowest BCUT2D eigenvalue weighted by atomic mass is 9.99. The number of carbonyl (C=O) groups excluding carboxylic acids is 1. The van der Waals surface area contributed by atoms with Gasteiger partial charge in [0.2, 0.25) is 0 Å². The summed E-state index contributed by atoms with van der Waals surface area (Å²) in [5.41, 5.74) is 5.94. The summed E-state index contributed by atoms with van der Waals surface area (Å²) in [6, 6.07) is 17.4. The molecule has 1 saturated heterocycles. The Labute approximate surface area is 215 Å². The minimum Gasteiger partial charge on any atom is -0.496 e. The lowest BCUT2D eigenvalue weighted by Crippen LogP contribution is -2.35. The van der Waals surface area contributed by atoms with Crippen molar-refractivity contribution in [3.63, 3.8) is 0 Å². The maximum atomic E-state index is 12.4. The van der Waals surface area contributed by atoms with Crippen LogP contribution in [0.25, 0.3) is 33.6 Å². The molecule has 1 amide bonds. The van der Waals surface area contributed by atoms with Gasteiger partial charge in [-0.15, -0.1) is 0 Å². The smallest absolute Gasteiger partial charge is 0.253 e. The van der Waals surface area contributed by atoms with Crippen LogP contribution in [0.3, 0.4) is 0 Å². The van der Waals surface area contributed by atoms with E-state index < -0.39 is 0 Å². The molecule has 0 atom stereocenters. The third kappa shape index (κ3) is 4.92. The van der Waals surface area contributed by atoms with Gasteiger partial charge in [0.05, 0.1) is 37.5 Å². The number of amides is 1. The molecule has 3 heterocycles. The lowest BCUT2D eigenvalue weighted by molar-refractivity contribution is 0.0341. The van der Waals surface area contributed by atoms with Crippen molar-refractivity contribution in [1.29, 1.82) is 5.26 Å². The third-order valence-corrected chi connectivity index (χ3v) is 6.57. The Morgan fingerprint density at radius 3 is 2.65 bits per heavy atom. The number of benzene rings is 2. The van der Waals surface area contributed by atoms with Gasteiger partial charge in [-0.05, 0) is 41.5 Å². The zero-order chi connectivity index (χ0) is 25.9. The van der Waals surface area contributed by atoms with E-state index in [4.69, 9.17) is 13.9 Å². The Kier molecular flexibility index (Phi) is 6.91. The summed E-state index contributed by atoms with van der Waals surface area (Å²) in [5, 5.41) is 9.87. The molecule has 0 radical (unpaired) electrons. The highest BCUT2D eigenvalue weighted by atomic mass is 16.5. The van der Waals surface area contributed by atoms with Gasteiger partial charge in [0.1, 0.15) is 17.0 Å². The molecular formula is C29H28N4O4. The fourth-order valence-corrected chi connectivity index (χ4v) is 4.57. The van der Waals surface area contributed by atoms with Crippen LogP contribution in [-0.2, 0) is 11.3 Å². The summed E-state index contributed by atoms with van der Waals surface area (Å²) in [7, 11) is 4.99. The van der Waals surface area contributed by atoms with Crippen molar-refractivity contribution in [1.82, 2.24) is 14.8 Å². The van der Waals surface area contributed by atoms with Crippen molar-refractivity contribution in [3.8, 4) is 34.3 Å². The number of aromatic nitrogens is 1. The first-order chi connectivity index (χ1) is 18.0. The number of nitrogens with zero attached hydrogens (tertiary/aromatic N) is 4. The van der Waals surface area contributed by atoms with Crippen LogP contribution in [0.2, 0.25) is 0 Å². The second-order valence-corrected chi connectivity index (χ2v) is 9.17. The van der Waals surface area contributed by atoms with E-state index in [1.54, 1.807) is 39.5 Å². The van der Waals surface area contributed by atoms with Gasteiger partial charge in [0.15, 0.2) is 5.58 Å². The summed E-state index contributed by atoms with van der Waals surface area (Å²) < 4.78 is 17.3. The first kappa shape index (κ1) is 24.5. The quantitative estimate of drug-likeness (QED) is 0.386. The number of ether oxygens (including phenoxy) is 2. The molecule has 8 heteroatoms. The van der Waals surface area contributed by atoms with Crippen molar-refractivity contribution >= 4 is 17.0 Å². The minimum absolute atomic E-state index is 0.108. The molecule has 0 spiro atoms. The summed E-state index contributed by atoms with van der Waals surface area (Å²) >= 11 is 0. The van der Waals surface area contributed by atoms with Crippen LogP contribution in [0.4, 0.5) is 0 Å². The molecule has 2 aromatic carbocycles. The molecule has 0 aliphatic carbocycles. The SMILES string of the molecule is COc1cc(C(=O)N(C)C)ccc1-c1cc2nccc(-c3ccc(CN4CCOCC4)c(C#N)c3)c2o1. The minimum atomic E-state index is -0.108. The first-order valence-corrected chi connectivity index (χ1v) is 12.1. The fourth-order valence-electron chi connectivity index (χ4n) is 4.57. The Hall–Kier alpha value is -4.19. The zero-order valence-corrected chi connectivity index (χ0v) is 21.2. The van der Waals surface area contributed by atoms with Crippen LogP contribution in [0.1, 0.15) is 21.5 Å². The molecular weight excluding hydrogens is 468 g/mol. The highest BCUT2D eigenvalue weighted by Gasteiger charge is 2.19. The first-order valence-electron chi connectivity index (χ1n) is 12.1. The summed E-state index contributed by atoms with van der Waals surface area (Å²) in [6.07, 6.45) is 1.74. The van der Waals surface area contributed by atoms with Crippen molar-refractivity contribution in [2.24, 2.45) is 0 Å². The van der Waals surface area contributed by atoms with E-state index in [1.165, 1.54) is 4.90 Å². The van der Waals surface area contributed by atoms with Gasteiger partial charge >= 0.3 is 0 Å². The van der Waals surface area contributed by atoms with Crippen LogP contribution in [0.5, 0.6) is 5.75 Å². The van der Waals surface area contributed by atoms with Crippen molar-refractivity contribution in [2.45, 2.75) is 6.54 Å². The number of rotatable bonds is 6. The maximum Gasteiger partial charge on any atom is 0.253 e. The highest BCUT2D eigenvalue weighted by Crippen LogP contribution is 2.38. The second kappa shape index (κ2) is 10.4. The van der Waals surface area contributed by atoms with E-state index in [1.807, 2.05) is 36.4 Å². The standard InChI is InChI=1S/C29H28N4O4/c1-32(2)29(34)20-6-7-24(26(15-20)35-3)27-16-25-28(37-27)23(8-9-31-25)19-4-5-21(22(14-19)17-30)18-33-10-12-36-13-11-33/h4-9,14-16H,10-13,18H2,1-3H3. The number of methoxy groups -OCH3 is 1. The number of furan rings is 1. The fraction of sp³-hybridized carbons (Fsp3) is 0.276. The Bertz CT molecular complexity index is 1500. The van der Waals surface area contributed by atoms with Gasteiger partial charge in [0.25, 0.3) is 5.91 Å². The summed E-state index contributed by atoms with van der Waals surface area (Å²) in [6.45, 7) is 3.88. The molecule has 0 N–H and O–H groups in total. The number of carbonyl (C=O) groups is 1. The maximum absolute atomic E-state index is 12.4. The number of hydrogen-bond acceptors (Lipinski definition) is 7. The van der Waals surface area contributed by atoms with Crippen LogP contribution in [0.15, 0.2) is 59.1 Å². The average Bonchev–Trinajstić information content (AvgIpc) is 3.37. The van der Waals surface area contributed by atoms with Crippen molar-refractivity contribution < 1.29 is 18.7 Å². The predicted octanol–water partition coefficient (Wildman–Crippen LogP) is 4.58. The van der Waals surface area contributed by atoms with Gasteiger partial charge in [0, 0.05) is 57.1 Å². The normalized spacial score (nSPS) is 13.9. The van der Waals surface area contributed by atoms with Crippen LogP contribution < -0.4 is 4.74 Å². The number of hydrogen-bond donors (Lipinski definition) is 0. The molecule has 8 nitrogen and oxygen atoms in total. The number of fused-ring (bicyclic) bond motifs is 1. The van der Waals surface area contributed by atoms with Crippen molar-refractivity contribution in [2.75, 3.05) is 47.5 Å². The number of pyridine rings is 1. The number of nitriles is 1. The summed E-state index contributed by atoms with van der Waals surface area (Å²) in [5.74, 6) is 1.01. The Morgan fingerprint density at radius 1 is 1.11 bits per heavy atom. The lowest BCUT2D eigenvalue weighted by Gasteiger charge is -2.27. The molecule has 4 aromatic rings. The van der Waals surface area contributed by atoms with E-state index in [0.717, 1.165) is 55.1 Å². The summed E-state index contributed by atoms with van der Waals surface area (Å²) in [4.78, 5) is 20.7. The van der Waals surface area contributed by atoms with Crippen molar-refractivity contribution in [3.05, 3.63) is 71.4 Å². The van der Waals surface area contributed by atoms with Gasteiger partial charge < -0.3 is 18.8 Å². The Morgan fingerprint density at radius 2 is 1.92 bits per heavy atom. The van der Waals surface area contributed by atoms with Gasteiger partial charge in [-0.2, -0.15) is 5.26 Å². The van der Waals surface area contributed by atoms with Crippen LogP contribution in [0, 0.1) is 11.3 Å². The molecule has 188 valence electrons. The molecule has 37 heavy (non-hydrogen) atoms. The molecule has 0 bridgehead atoms. The van der Waals surface area contributed by atoms with E-state index in [-0.39, 0.29) is 5.91 Å². The second-order valence-electron chi connectivity index (χ2n) is 9.17. The van der Waals surface area contributed by atoms with E-state index >= 15 is 0 Å². The largest absolute Gasteiger partial charge is 0.496 e. The molecule has 1 aliphatic rings. The molecule has 1 aliphatic heterocycles. The van der Waals surface area contributed by atoms with Gasteiger partial charge in [-0.25, -0.2) is 0 Å². The molecule has 5 rings (SSSR count). The predicted molar refractivity (Wildman–Crippen MR) is 140 cm³/mol. The monoisotopic (exact) mass is 496 g/mol. The van der Waals surface area contributed by atoms with Gasteiger partial charge in [-0.3, -0.25) is 14.7 Å². The molecule has 0 saturated carbocycles. The van der Waals surface area contributed by atoms with Crippen LogP contribution >= 0.6 is 0 Å². The zero-order valence-electron chi connectivity index (χ0n) is 21.2.